The highest BCUT2D eigenvalue weighted by Crippen LogP contribution is 2.40. The topological polar surface area (TPSA) is 94.5 Å². The van der Waals surface area contributed by atoms with Gasteiger partial charge in [0, 0.05) is 26.1 Å². The summed E-state index contributed by atoms with van der Waals surface area (Å²) in [5.41, 5.74) is 0.836. The third-order valence-electron chi connectivity index (χ3n) is 5.54. The van der Waals surface area contributed by atoms with E-state index in [9.17, 15) is 15.0 Å². The van der Waals surface area contributed by atoms with Crippen LogP contribution in [0.25, 0.3) is 0 Å². The van der Waals surface area contributed by atoms with Crippen LogP contribution >= 0.6 is 0 Å². The molecule has 0 amide bonds. The number of ether oxygens (including phenoxy) is 4. The first-order chi connectivity index (χ1) is 13.3. The van der Waals surface area contributed by atoms with Gasteiger partial charge >= 0.3 is 5.97 Å². The number of benzene rings is 1. The number of esters is 1. The third-order valence-corrected chi connectivity index (χ3v) is 5.54. The number of rotatable bonds is 8. The fraction of sp³-hybridized carbons (Fsp3) is 0.667. The Hall–Kier alpha value is -1.51. The summed E-state index contributed by atoms with van der Waals surface area (Å²) in [7, 11) is 2.95. The second-order valence-electron chi connectivity index (χ2n) is 7.59. The highest BCUT2D eigenvalue weighted by Gasteiger charge is 2.58. The molecule has 7 heteroatoms. The lowest BCUT2D eigenvalue weighted by atomic mass is 9.78. The summed E-state index contributed by atoms with van der Waals surface area (Å²) < 4.78 is 21.9. The molecule has 0 aliphatic carbocycles. The molecule has 1 fully saturated rings. The van der Waals surface area contributed by atoms with E-state index in [1.807, 2.05) is 44.2 Å². The Morgan fingerprint density at radius 3 is 2.46 bits per heavy atom. The smallest absolute Gasteiger partial charge is 0.314 e. The van der Waals surface area contributed by atoms with E-state index in [-0.39, 0.29) is 18.4 Å². The molecule has 0 aromatic heterocycles. The van der Waals surface area contributed by atoms with Gasteiger partial charge in [-0.2, -0.15) is 0 Å². The molecule has 28 heavy (non-hydrogen) atoms. The number of methoxy groups -OCH3 is 2. The minimum Gasteiger partial charge on any atom is -0.460 e. The number of carbonyl (C=O) groups excluding carboxylic acids is 1. The van der Waals surface area contributed by atoms with Gasteiger partial charge < -0.3 is 29.2 Å². The number of carbonyl (C=O) groups is 1. The molecule has 1 aromatic carbocycles. The van der Waals surface area contributed by atoms with Crippen LogP contribution in [0, 0.1) is 17.8 Å². The second kappa shape index (κ2) is 9.80. The maximum absolute atomic E-state index is 12.6. The normalized spacial score (nSPS) is 32.5. The largest absolute Gasteiger partial charge is 0.460 e. The van der Waals surface area contributed by atoms with Gasteiger partial charge in [-0.25, -0.2) is 0 Å². The lowest BCUT2D eigenvalue weighted by molar-refractivity contribution is -0.362. The molecular formula is C21H32O7. The van der Waals surface area contributed by atoms with Crippen molar-refractivity contribution >= 4 is 5.97 Å². The summed E-state index contributed by atoms with van der Waals surface area (Å²) in [6, 6.07) is 9.26. The van der Waals surface area contributed by atoms with Crippen LogP contribution in [0.3, 0.4) is 0 Å². The molecule has 2 rings (SSSR count). The van der Waals surface area contributed by atoms with Crippen LogP contribution in [0.15, 0.2) is 30.3 Å². The van der Waals surface area contributed by atoms with E-state index in [2.05, 4.69) is 0 Å². The van der Waals surface area contributed by atoms with Crippen LogP contribution in [0.2, 0.25) is 0 Å². The molecule has 2 N–H and O–H groups in total. The Bertz CT molecular complexity index is 622. The van der Waals surface area contributed by atoms with Crippen molar-refractivity contribution in [3.63, 3.8) is 0 Å². The molecule has 1 aromatic rings. The lowest BCUT2D eigenvalue weighted by Crippen LogP contribution is -2.67. The van der Waals surface area contributed by atoms with Crippen LogP contribution in [0.5, 0.6) is 0 Å². The van der Waals surface area contributed by atoms with E-state index < -0.39 is 36.0 Å². The molecule has 1 aliphatic heterocycles. The van der Waals surface area contributed by atoms with Crippen molar-refractivity contribution in [3.05, 3.63) is 35.9 Å². The van der Waals surface area contributed by atoms with Crippen LogP contribution in [0.4, 0.5) is 0 Å². The zero-order valence-electron chi connectivity index (χ0n) is 17.2. The van der Waals surface area contributed by atoms with E-state index in [0.717, 1.165) is 5.56 Å². The van der Waals surface area contributed by atoms with Crippen LogP contribution in [-0.4, -0.2) is 61.1 Å². The molecule has 0 radical (unpaired) electrons. The summed E-state index contributed by atoms with van der Waals surface area (Å²) in [6.45, 7) is 5.72. The summed E-state index contributed by atoms with van der Waals surface area (Å²) >= 11 is 0. The molecule has 1 heterocycles. The molecule has 1 aliphatic rings. The summed E-state index contributed by atoms with van der Waals surface area (Å²) in [6.07, 6.45) is -2.62. The molecule has 0 unspecified atom stereocenters. The van der Waals surface area contributed by atoms with Gasteiger partial charge in [0.15, 0.2) is 0 Å². The minimum atomic E-state index is -2.03. The zero-order valence-corrected chi connectivity index (χ0v) is 17.2. The maximum Gasteiger partial charge on any atom is 0.314 e. The van der Waals surface area contributed by atoms with Gasteiger partial charge in [-0.3, -0.25) is 4.79 Å². The van der Waals surface area contributed by atoms with E-state index in [1.165, 1.54) is 14.0 Å². The van der Waals surface area contributed by atoms with E-state index in [0.29, 0.717) is 6.61 Å². The van der Waals surface area contributed by atoms with Crippen molar-refractivity contribution in [2.75, 3.05) is 20.8 Å². The predicted molar refractivity (Wildman–Crippen MR) is 102 cm³/mol. The van der Waals surface area contributed by atoms with Crippen molar-refractivity contribution in [1.82, 2.24) is 0 Å². The van der Waals surface area contributed by atoms with Gasteiger partial charge in [0.2, 0.25) is 5.79 Å². The molecule has 158 valence electrons. The first kappa shape index (κ1) is 22.8. The van der Waals surface area contributed by atoms with Gasteiger partial charge in [0.1, 0.15) is 18.6 Å². The first-order valence-electron chi connectivity index (χ1n) is 9.56. The fourth-order valence-corrected chi connectivity index (χ4v) is 3.78. The Morgan fingerprint density at radius 2 is 1.89 bits per heavy atom. The zero-order chi connectivity index (χ0) is 20.9. The van der Waals surface area contributed by atoms with Gasteiger partial charge in [-0.1, -0.05) is 44.2 Å². The molecule has 7 atom stereocenters. The third kappa shape index (κ3) is 4.72. The molecule has 0 bridgehead atoms. The molecule has 1 saturated heterocycles. The maximum atomic E-state index is 12.6. The lowest BCUT2D eigenvalue weighted by Gasteiger charge is -2.51. The van der Waals surface area contributed by atoms with Gasteiger partial charge in [0.05, 0.1) is 18.8 Å². The number of aliphatic hydroxyl groups is 2. The Labute approximate surface area is 166 Å². The molecular weight excluding hydrogens is 364 g/mol. The van der Waals surface area contributed by atoms with Crippen LogP contribution in [-0.2, 0) is 30.3 Å². The minimum absolute atomic E-state index is 0.0835. The summed E-state index contributed by atoms with van der Waals surface area (Å²) in [5, 5.41) is 22.0. The van der Waals surface area contributed by atoms with Crippen molar-refractivity contribution in [2.24, 2.45) is 17.8 Å². The quantitative estimate of drug-likeness (QED) is 0.647. The Morgan fingerprint density at radius 1 is 1.25 bits per heavy atom. The second-order valence-corrected chi connectivity index (χ2v) is 7.59. The summed E-state index contributed by atoms with van der Waals surface area (Å²) in [5.74, 6) is -4.15. The van der Waals surface area contributed by atoms with Crippen molar-refractivity contribution in [2.45, 2.75) is 51.5 Å². The number of hydrogen-bond acceptors (Lipinski definition) is 7. The van der Waals surface area contributed by atoms with E-state index >= 15 is 0 Å². The van der Waals surface area contributed by atoms with Gasteiger partial charge in [-0.05, 0) is 12.5 Å². The highest BCUT2D eigenvalue weighted by molar-refractivity contribution is 5.73. The average molecular weight is 396 g/mol. The predicted octanol–water partition coefficient (Wildman–Crippen LogP) is 1.75. The molecule has 7 nitrogen and oxygen atoms in total. The van der Waals surface area contributed by atoms with Crippen LogP contribution < -0.4 is 0 Å². The van der Waals surface area contributed by atoms with Crippen molar-refractivity contribution in [1.29, 1.82) is 0 Å². The van der Waals surface area contributed by atoms with Crippen molar-refractivity contribution in [3.8, 4) is 0 Å². The standard InChI is InChI=1S/C21H32O7/c1-13(11-25-4)18-14(2)17(22)19(26-5)21(24,28-18)15(3)20(23)27-12-16-9-7-6-8-10-16/h6-10,13-15,17-19,22,24H,11-12H2,1-5H3/t13-,14-,15-,17-,18-,19+,21+/m0/s1. The molecule has 0 saturated carbocycles. The summed E-state index contributed by atoms with van der Waals surface area (Å²) in [4.78, 5) is 12.6. The van der Waals surface area contributed by atoms with Gasteiger partial charge in [0.25, 0.3) is 0 Å². The van der Waals surface area contributed by atoms with Gasteiger partial charge in [-0.15, -0.1) is 0 Å². The Balaban J connectivity index is 2.18. The fourth-order valence-electron chi connectivity index (χ4n) is 3.78. The first-order valence-corrected chi connectivity index (χ1v) is 9.56. The molecule has 0 spiro atoms. The SMILES string of the molecule is COC[C@H](C)[C@@H]1O[C@](O)([C@@H](C)C(=O)OCc2ccccc2)[C@H](OC)[C@@H](O)[C@@H]1C. The monoisotopic (exact) mass is 396 g/mol. The number of aliphatic hydroxyl groups excluding tert-OH is 1. The highest BCUT2D eigenvalue weighted by atomic mass is 16.7. The van der Waals surface area contributed by atoms with Crippen molar-refractivity contribution < 1.29 is 34.0 Å². The Kier molecular flexibility index (Phi) is 7.97. The van der Waals surface area contributed by atoms with E-state index in [1.54, 1.807) is 7.11 Å². The number of hydrogen-bond donors (Lipinski definition) is 2. The van der Waals surface area contributed by atoms with E-state index in [4.69, 9.17) is 18.9 Å². The average Bonchev–Trinajstić information content (AvgIpc) is 2.69. The van der Waals surface area contributed by atoms with Crippen LogP contribution in [0.1, 0.15) is 26.3 Å².